The second-order valence-electron chi connectivity index (χ2n) is 1.41. The van der Waals surface area contributed by atoms with E-state index in [2.05, 4.69) is 13.2 Å². The standard InChI is InChI=1S/C4H5N.C3H2ClN/c1-4(2)3-5;1-3(4)2-5/h1H2,2H3;1H2. The first-order chi connectivity index (χ1) is 4.54. The van der Waals surface area contributed by atoms with Gasteiger partial charge in [0, 0.05) is 5.57 Å². The van der Waals surface area contributed by atoms with Crippen LogP contribution in [-0.2, 0) is 0 Å². The predicted molar refractivity (Wildman–Crippen MR) is 41.0 cm³/mol. The average molecular weight is 155 g/mol. The lowest BCUT2D eigenvalue weighted by atomic mass is 10.4. The maximum Gasteiger partial charge on any atom is 0.111 e. The van der Waals surface area contributed by atoms with E-state index >= 15 is 0 Å². The smallest absolute Gasteiger partial charge is 0.111 e. The summed E-state index contributed by atoms with van der Waals surface area (Å²) >= 11 is 4.91. The Labute approximate surface area is 65.6 Å². The molecule has 0 aliphatic rings. The van der Waals surface area contributed by atoms with Crippen molar-refractivity contribution in [3.8, 4) is 12.1 Å². The number of hydrogen-bond donors (Lipinski definition) is 0. The average Bonchev–Trinajstić information content (AvgIpc) is 1.89. The molecule has 0 aromatic carbocycles. The molecule has 2 nitrogen and oxygen atoms in total. The van der Waals surface area contributed by atoms with Crippen LogP contribution in [0, 0.1) is 22.7 Å². The van der Waals surface area contributed by atoms with E-state index in [1.807, 2.05) is 6.07 Å². The number of halogens is 1. The Hall–Kier alpha value is -1.25. The molecule has 0 unspecified atom stereocenters. The number of rotatable bonds is 0. The normalized spacial score (nSPS) is 5.60. The molecule has 0 atom stereocenters. The molecule has 0 amide bonds. The highest BCUT2D eigenvalue weighted by Gasteiger charge is 1.68. The molecule has 0 spiro atoms. The minimum atomic E-state index is 0.0324. The first-order valence-electron chi connectivity index (χ1n) is 2.34. The SMILES string of the molecule is C=C(C)C#N.C=C(Cl)C#N. The molecule has 0 saturated heterocycles. The second-order valence-corrected chi connectivity index (χ2v) is 1.87. The molecule has 0 aliphatic carbocycles. The Kier molecular flexibility index (Phi) is 8.94. The van der Waals surface area contributed by atoms with Crippen molar-refractivity contribution in [3.63, 3.8) is 0 Å². The zero-order valence-electron chi connectivity index (χ0n) is 5.69. The Morgan fingerprint density at radius 1 is 1.30 bits per heavy atom. The van der Waals surface area contributed by atoms with Crippen molar-refractivity contribution in [2.45, 2.75) is 6.92 Å². The lowest BCUT2D eigenvalue weighted by Crippen LogP contribution is -1.51. The summed E-state index contributed by atoms with van der Waals surface area (Å²) in [5.41, 5.74) is 0.560. The van der Waals surface area contributed by atoms with Gasteiger partial charge < -0.3 is 0 Å². The molecule has 0 N–H and O–H groups in total. The van der Waals surface area contributed by atoms with E-state index in [9.17, 15) is 0 Å². The summed E-state index contributed by atoms with van der Waals surface area (Å²) in [7, 11) is 0. The zero-order chi connectivity index (χ0) is 8.57. The van der Waals surface area contributed by atoms with E-state index in [1.54, 1.807) is 13.0 Å². The third-order valence-electron chi connectivity index (χ3n) is 0.312. The molecule has 0 aromatic rings. The van der Waals surface area contributed by atoms with Crippen molar-refractivity contribution in [2.75, 3.05) is 0 Å². The van der Waals surface area contributed by atoms with Crippen molar-refractivity contribution in [1.29, 1.82) is 10.5 Å². The Bertz CT molecular complexity index is 181. The van der Waals surface area contributed by atoms with E-state index in [-0.39, 0.29) is 5.03 Å². The molecule has 0 aliphatic heterocycles. The Morgan fingerprint density at radius 3 is 1.50 bits per heavy atom. The van der Waals surface area contributed by atoms with E-state index in [0.717, 1.165) is 0 Å². The number of nitriles is 2. The molecule has 0 aromatic heterocycles. The number of hydrogen-bond acceptors (Lipinski definition) is 2. The van der Waals surface area contributed by atoms with Crippen LogP contribution in [0.1, 0.15) is 6.92 Å². The molecule has 0 radical (unpaired) electrons. The van der Waals surface area contributed by atoms with Crippen LogP contribution in [0.3, 0.4) is 0 Å². The topological polar surface area (TPSA) is 47.6 Å². The van der Waals surface area contributed by atoms with E-state index < -0.39 is 0 Å². The van der Waals surface area contributed by atoms with Crippen LogP contribution < -0.4 is 0 Å². The van der Waals surface area contributed by atoms with Crippen LogP contribution >= 0.6 is 11.6 Å². The summed E-state index contributed by atoms with van der Waals surface area (Å²) in [6, 6.07) is 3.43. The molecule has 0 rings (SSSR count). The van der Waals surface area contributed by atoms with E-state index in [0.29, 0.717) is 5.57 Å². The van der Waals surface area contributed by atoms with Gasteiger partial charge in [-0.2, -0.15) is 10.5 Å². The fourth-order valence-electron chi connectivity index (χ4n) is 0. The fraction of sp³-hybridized carbons (Fsp3) is 0.143. The first-order valence-corrected chi connectivity index (χ1v) is 2.72. The molecular formula is C7H7ClN2. The zero-order valence-corrected chi connectivity index (χ0v) is 6.44. The Balaban J connectivity index is 0. The summed E-state index contributed by atoms with van der Waals surface area (Å²) < 4.78 is 0. The minimum Gasteiger partial charge on any atom is -0.193 e. The number of allylic oxidation sites excluding steroid dienone is 2. The van der Waals surface area contributed by atoms with Gasteiger partial charge >= 0.3 is 0 Å². The predicted octanol–water partition coefficient (Wildman–Crippen LogP) is 2.35. The van der Waals surface area contributed by atoms with Gasteiger partial charge in [0.05, 0.1) is 6.07 Å². The lowest BCUT2D eigenvalue weighted by Gasteiger charge is -1.61. The summed E-state index contributed by atoms with van der Waals surface area (Å²) in [4.78, 5) is 0. The lowest BCUT2D eigenvalue weighted by molar-refractivity contribution is 1.46. The van der Waals surface area contributed by atoms with Crippen molar-refractivity contribution in [3.05, 3.63) is 23.8 Å². The molecule has 0 saturated carbocycles. The van der Waals surface area contributed by atoms with Crippen LogP contribution in [0.4, 0.5) is 0 Å². The van der Waals surface area contributed by atoms with Gasteiger partial charge in [0.1, 0.15) is 11.1 Å². The maximum absolute atomic E-state index is 7.79. The molecule has 10 heavy (non-hydrogen) atoms. The second kappa shape index (κ2) is 7.75. The molecular weight excluding hydrogens is 148 g/mol. The summed E-state index contributed by atoms with van der Waals surface area (Å²) in [5, 5.41) is 15.5. The molecule has 0 fully saturated rings. The van der Waals surface area contributed by atoms with Crippen LogP contribution in [-0.4, -0.2) is 0 Å². The van der Waals surface area contributed by atoms with Gasteiger partial charge in [-0.25, -0.2) is 0 Å². The largest absolute Gasteiger partial charge is 0.193 e. The quantitative estimate of drug-likeness (QED) is 0.503. The third kappa shape index (κ3) is 29.5. The minimum absolute atomic E-state index is 0.0324. The van der Waals surface area contributed by atoms with E-state index in [4.69, 9.17) is 22.1 Å². The van der Waals surface area contributed by atoms with Crippen molar-refractivity contribution in [1.82, 2.24) is 0 Å². The third-order valence-corrected chi connectivity index (χ3v) is 0.397. The first kappa shape index (κ1) is 11.5. The van der Waals surface area contributed by atoms with Crippen LogP contribution in [0.2, 0.25) is 0 Å². The van der Waals surface area contributed by atoms with Gasteiger partial charge in [-0.15, -0.1) is 0 Å². The fourth-order valence-corrected chi connectivity index (χ4v) is 0. The van der Waals surface area contributed by atoms with Crippen molar-refractivity contribution in [2.24, 2.45) is 0 Å². The maximum atomic E-state index is 7.79. The van der Waals surface area contributed by atoms with Gasteiger partial charge in [-0.1, -0.05) is 24.8 Å². The molecule has 3 heteroatoms. The van der Waals surface area contributed by atoms with Gasteiger partial charge in [0.25, 0.3) is 0 Å². The summed E-state index contributed by atoms with van der Waals surface area (Å²) in [6.45, 7) is 8.06. The van der Waals surface area contributed by atoms with Gasteiger partial charge in [0.15, 0.2) is 0 Å². The molecule has 0 bridgehead atoms. The van der Waals surface area contributed by atoms with Crippen molar-refractivity contribution >= 4 is 11.6 Å². The van der Waals surface area contributed by atoms with Crippen LogP contribution in [0.25, 0.3) is 0 Å². The van der Waals surface area contributed by atoms with Gasteiger partial charge in [0.2, 0.25) is 0 Å². The van der Waals surface area contributed by atoms with Gasteiger partial charge in [-0.05, 0) is 6.92 Å². The molecule has 0 heterocycles. The Morgan fingerprint density at radius 2 is 1.50 bits per heavy atom. The number of nitrogens with zero attached hydrogens (tertiary/aromatic N) is 2. The highest BCUT2D eigenvalue weighted by molar-refractivity contribution is 6.31. The van der Waals surface area contributed by atoms with Crippen LogP contribution in [0.5, 0.6) is 0 Å². The highest BCUT2D eigenvalue weighted by Crippen LogP contribution is 1.88. The van der Waals surface area contributed by atoms with E-state index in [1.165, 1.54) is 0 Å². The summed E-state index contributed by atoms with van der Waals surface area (Å²) in [5.74, 6) is 0. The highest BCUT2D eigenvalue weighted by atomic mass is 35.5. The molecule has 52 valence electrons. The monoisotopic (exact) mass is 154 g/mol. The summed E-state index contributed by atoms with van der Waals surface area (Å²) in [6.07, 6.45) is 0. The van der Waals surface area contributed by atoms with Crippen LogP contribution in [0.15, 0.2) is 23.8 Å². The van der Waals surface area contributed by atoms with Crippen molar-refractivity contribution < 1.29 is 0 Å². The van der Waals surface area contributed by atoms with Gasteiger partial charge in [-0.3, -0.25) is 0 Å².